The molecule has 1 saturated heterocycles. The molecule has 2 N–H and O–H groups in total. The topological polar surface area (TPSA) is 68.8 Å². The molecule has 21 heavy (non-hydrogen) atoms. The minimum Gasteiger partial charge on any atom is -0.493 e. The van der Waals surface area contributed by atoms with Gasteiger partial charge in [0.2, 0.25) is 5.91 Å². The molecule has 1 atom stereocenters. The summed E-state index contributed by atoms with van der Waals surface area (Å²) in [7, 11) is 3.16. The zero-order valence-electron chi connectivity index (χ0n) is 12.7. The molecule has 1 heterocycles. The molecule has 0 bridgehead atoms. The number of morpholine rings is 1. The van der Waals surface area contributed by atoms with E-state index in [9.17, 15) is 4.79 Å². The zero-order chi connectivity index (χ0) is 15.2. The van der Waals surface area contributed by atoms with Crippen molar-refractivity contribution in [2.75, 3.05) is 39.2 Å². The van der Waals surface area contributed by atoms with E-state index in [0.717, 1.165) is 17.8 Å². The normalized spacial score (nSPS) is 18.1. The van der Waals surface area contributed by atoms with E-state index in [1.165, 1.54) is 0 Å². The van der Waals surface area contributed by atoms with Crippen molar-refractivity contribution in [3.05, 3.63) is 17.7 Å². The molecule has 0 aliphatic carbocycles. The molecular formula is C15H22N2O4. The molecule has 1 amide bonds. The number of aryl methyl sites for hydroxylation is 1. The maximum Gasteiger partial charge on any atom is 0.227 e. The smallest absolute Gasteiger partial charge is 0.227 e. The van der Waals surface area contributed by atoms with Gasteiger partial charge in [0, 0.05) is 24.8 Å². The van der Waals surface area contributed by atoms with Crippen LogP contribution in [0.25, 0.3) is 0 Å². The number of carbonyl (C=O) groups is 1. The molecule has 1 aromatic carbocycles. The van der Waals surface area contributed by atoms with E-state index >= 15 is 0 Å². The second-order valence-electron chi connectivity index (χ2n) is 4.97. The molecule has 0 radical (unpaired) electrons. The van der Waals surface area contributed by atoms with Gasteiger partial charge in [0.25, 0.3) is 0 Å². The number of anilines is 1. The van der Waals surface area contributed by atoms with Crippen molar-refractivity contribution >= 4 is 11.6 Å². The molecule has 1 fully saturated rings. The lowest BCUT2D eigenvalue weighted by Gasteiger charge is -2.23. The van der Waals surface area contributed by atoms with E-state index in [0.29, 0.717) is 31.1 Å². The third-order valence-corrected chi connectivity index (χ3v) is 3.42. The lowest BCUT2D eigenvalue weighted by Crippen LogP contribution is -2.40. The van der Waals surface area contributed by atoms with Crippen molar-refractivity contribution in [2.24, 2.45) is 0 Å². The number of rotatable bonds is 5. The standard InChI is InChI=1S/C15H22N2O4/c1-10-6-13(19-2)14(20-3)8-12(10)17-15(18)7-11-9-16-4-5-21-11/h6,8,11,16H,4-5,7,9H2,1-3H3,(H,17,18). The van der Waals surface area contributed by atoms with Crippen LogP contribution in [0, 0.1) is 6.92 Å². The highest BCUT2D eigenvalue weighted by Gasteiger charge is 2.18. The highest BCUT2D eigenvalue weighted by Crippen LogP contribution is 2.32. The van der Waals surface area contributed by atoms with Crippen LogP contribution in [0.5, 0.6) is 11.5 Å². The van der Waals surface area contributed by atoms with E-state index in [1.54, 1.807) is 20.3 Å². The van der Waals surface area contributed by atoms with Gasteiger partial charge in [-0.2, -0.15) is 0 Å². The average Bonchev–Trinajstić information content (AvgIpc) is 2.49. The van der Waals surface area contributed by atoms with E-state index in [-0.39, 0.29) is 12.0 Å². The Labute approximate surface area is 124 Å². The number of methoxy groups -OCH3 is 2. The van der Waals surface area contributed by atoms with Crippen LogP contribution in [0.3, 0.4) is 0 Å². The van der Waals surface area contributed by atoms with Crippen LogP contribution < -0.4 is 20.1 Å². The summed E-state index contributed by atoms with van der Waals surface area (Å²) in [6, 6.07) is 3.61. The maximum atomic E-state index is 12.1. The largest absolute Gasteiger partial charge is 0.493 e. The fourth-order valence-electron chi connectivity index (χ4n) is 2.27. The summed E-state index contributed by atoms with van der Waals surface area (Å²) < 4.78 is 16.0. The Balaban J connectivity index is 2.02. The number of ether oxygens (including phenoxy) is 3. The van der Waals surface area contributed by atoms with Crippen LogP contribution in [0.15, 0.2) is 12.1 Å². The first kappa shape index (κ1) is 15.6. The van der Waals surface area contributed by atoms with Gasteiger partial charge in [0.15, 0.2) is 11.5 Å². The number of carbonyl (C=O) groups excluding carboxylic acids is 1. The fourth-order valence-corrected chi connectivity index (χ4v) is 2.27. The third kappa shape index (κ3) is 4.09. The minimum atomic E-state index is -0.0704. The van der Waals surface area contributed by atoms with Gasteiger partial charge in [0.05, 0.1) is 33.4 Å². The second-order valence-corrected chi connectivity index (χ2v) is 4.97. The third-order valence-electron chi connectivity index (χ3n) is 3.42. The van der Waals surface area contributed by atoms with Crippen molar-refractivity contribution in [3.63, 3.8) is 0 Å². The van der Waals surface area contributed by atoms with Crippen LogP contribution >= 0.6 is 0 Å². The number of benzene rings is 1. The van der Waals surface area contributed by atoms with Crippen molar-refractivity contribution in [1.29, 1.82) is 0 Å². The molecule has 116 valence electrons. The summed E-state index contributed by atoms with van der Waals surface area (Å²) in [4.78, 5) is 12.1. The van der Waals surface area contributed by atoms with Gasteiger partial charge in [0.1, 0.15) is 0 Å². The van der Waals surface area contributed by atoms with Crippen LogP contribution in [0.4, 0.5) is 5.69 Å². The van der Waals surface area contributed by atoms with Crippen LogP contribution in [0.2, 0.25) is 0 Å². The molecule has 1 aliphatic heterocycles. The first-order valence-electron chi connectivity index (χ1n) is 6.99. The Morgan fingerprint density at radius 1 is 1.38 bits per heavy atom. The van der Waals surface area contributed by atoms with Gasteiger partial charge in [-0.3, -0.25) is 4.79 Å². The summed E-state index contributed by atoms with van der Waals surface area (Å²) in [5.41, 5.74) is 1.64. The van der Waals surface area contributed by atoms with Gasteiger partial charge >= 0.3 is 0 Å². The zero-order valence-corrected chi connectivity index (χ0v) is 12.7. The average molecular weight is 294 g/mol. The predicted molar refractivity (Wildman–Crippen MR) is 80.1 cm³/mol. The molecule has 1 aromatic rings. The molecule has 0 spiro atoms. The summed E-state index contributed by atoms with van der Waals surface area (Å²) in [6.07, 6.45) is 0.264. The molecule has 2 rings (SSSR count). The first-order valence-corrected chi connectivity index (χ1v) is 6.99. The number of nitrogens with one attached hydrogen (secondary N) is 2. The monoisotopic (exact) mass is 294 g/mol. The SMILES string of the molecule is COc1cc(C)c(NC(=O)CC2CNCCO2)cc1OC. The Morgan fingerprint density at radius 3 is 2.71 bits per heavy atom. The van der Waals surface area contributed by atoms with E-state index in [1.807, 2.05) is 13.0 Å². The Kier molecular flexibility index (Phi) is 5.41. The molecule has 1 aliphatic rings. The number of hydrogen-bond donors (Lipinski definition) is 2. The van der Waals surface area contributed by atoms with Gasteiger partial charge in [-0.15, -0.1) is 0 Å². The predicted octanol–water partition coefficient (Wildman–Crippen LogP) is 1.33. The number of amides is 1. The van der Waals surface area contributed by atoms with E-state index in [2.05, 4.69) is 10.6 Å². The highest BCUT2D eigenvalue weighted by atomic mass is 16.5. The molecule has 0 aromatic heterocycles. The van der Waals surface area contributed by atoms with Crippen molar-refractivity contribution in [3.8, 4) is 11.5 Å². The summed E-state index contributed by atoms with van der Waals surface area (Å²) in [5, 5.41) is 6.11. The second kappa shape index (κ2) is 7.28. The van der Waals surface area contributed by atoms with Crippen molar-refractivity contribution in [2.45, 2.75) is 19.4 Å². The summed E-state index contributed by atoms with van der Waals surface area (Å²) in [6.45, 7) is 4.11. The first-order chi connectivity index (χ1) is 10.1. The van der Waals surface area contributed by atoms with Crippen molar-refractivity contribution < 1.29 is 19.0 Å². The Morgan fingerprint density at radius 2 is 2.10 bits per heavy atom. The molecule has 6 heteroatoms. The lowest BCUT2D eigenvalue weighted by atomic mass is 10.1. The molecule has 1 unspecified atom stereocenters. The van der Waals surface area contributed by atoms with Gasteiger partial charge in [-0.1, -0.05) is 0 Å². The van der Waals surface area contributed by atoms with E-state index < -0.39 is 0 Å². The van der Waals surface area contributed by atoms with Gasteiger partial charge in [-0.25, -0.2) is 0 Å². The molecule has 0 saturated carbocycles. The maximum absolute atomic E-state index is 12.1. The summed E-state index contributed by atoms with van der Waals surface area (Å²) in [5.74, 6) is 1.17. The molecular weight excluding hydrogens is 272 g/mol. The quantitative estimate of drug-likeness (QED) is 0.857. The summed E-state index contributed by atoms with van der Waals surface area (Å²) >= 11 is 0. The van der Waals surface area contributed by atoms with Crippen LogP contribution in [-0.2, 0) is 9.53 Å². The Hall–Kier alpha value is -1.79. The van der Waals surface area contributed by atoms with Gasteiger partial charge < -0.3 is 24.8 Å². The lowest BCUT2D eigenvalue weighted by molar-refractivity contribution is -0.119. The highest BCUT2D eigenvalue weighted by molar-refractivity contribution is 5.92. The van der Waals surface area contributed by atoms with Crippen LogP contribution in [0.1, 0.15) is 12.0 Å². The fraction of sp³-hybridized carbons (Fsp3) is 0.533. The van der Waals surface area contributed by atoms with E-state index in [4.69, 9.17) is 14.2 Å². The van der Waals surface area contributed by atoms with Crippen molar-refractivity contribution in [1.82, 2.24) is 5.32 Å². The van der Waals surface area contributed by atoms with Gasteiger partial charge in [-0.05, 0) is 18.6 Å². The minimum absolute atomic E-state index is 0.0702. The molecule has 6 nitrogen and oxygen atoms in total. The Bertz CT molecular complexity index is 499. The number of hydrogen-bond acceptors (Lipinski definition) is 5. The van der Waals surface area contributed by atoms with Crippen LogP contribution in [-0.4, -0.2) is 45.9 Å².